The van der Waals surface area contributed by atoms with Gasteiger partial charge in [0.25, 0.3) is 17.5 Å². The fraction of sp³-hybridized carbons (Fsp3) is 0.310. The molecule has 0 aliphatic carbocycles. The van der Waals surface area contributed by atoms with Crippen LogP contribution >= 0.6 is 11.3 Å². The van der Waals surface area contributed by atoms with Crippen molar-refractivity contribution in [1.29, 1.82) is 0 Å². The van der Waals surface area contributed by atoms with Crippen LogP contribution in [0.15, 0.2) is 60.1 Å². The molecule has 0 bridgehead atoms. The van der Waals surface area contributed by atoms with Crippen molar-refractivity contribution in [2.24, 2.45) is 0 Å². The number of thiazole rings is 1. The number of nitro benzene ring substituents is 1. The Bertz CT molecular complexity index is 1610. The molecule has 1 saturated heterocycles. The number of aromatic nitrogens is 3. The highest BCUT2D eigenvalue weighted by atomic mass is 32.1. The number of benzene rings is 2. The molecule has 2 aromatic heterocycles. The molecule has 2 aromatic carbocycles. The van der Waals surface area contributed by atoms with Gasteiger partial charge in [-0.2, -0.15) is 5.10 Å². The fourth-order valence-electron chi connectivity index (χ4n) is 5.04. The third-order valence-electron chi connectivity index (χ3n) is 7.10. The van der Waals surface area contributed by atoms with Crippen molar-refractivity contribution in [3.05, 3.63) is 87.0 Å². The first-order valence-electron chi connectivity index (χ1n) is 13.2. The van der Waals surface area contributed by atoms with Crippen LogP contribution in [0.2, 0.25) is 0 Å². The van der Waals surface area contributed by atoms with Gasteiger partial charge in [-0.1, -0.05) is 32.0 Å². The summed E-state index contributed by atoms with van der Waals surface area (Å²) in [6.45, 7) is 6.88. The van der Waals surface area contributed by atoms with E-state index in [0.717, 1.165) is 22.7 Å². The van der Waals surface area contributed by atoms with Crippen LogP contribution in [-0.4, -0.2) is 74.1 Å². The number of non-ortho nitro benzene ring substituents is 1. The Morgan fingerprint density at radius 2 is 1.90 bits per heavy atom. The molecule has 0 radical (unpaired) electrons. The van der Waals surface area contributed by atoms with Gasteiger partial charge in [-0.05, 0) is 31.0 Å². The molecular formula is C29H30N6O5S. The minimum Gasteiger partial charge on any atom is -0.497 e. The number of rotatable bonds is 7. The van der Waals surface area contributed by atoms with Gasteiger partial charge < -0.3 is 14.5 Å². The lowest BCUT2D eigenvalue weighted by molar-refractivity contribution is -0.384. The van der Waals surface area contributed by atoms with E-state index < -0.39 is 4.92 Å². The summed E-state index contributed by atoms with van der Waals surface area (Å²) < 4.78 is 7.07. The van der Waals surface area contributed by atoms with Crippen LogP contribution in [0.5, 0.6) is 5.75 Å². The largest absolute Gasteiger partial charge is 0.497 e. The van der Waals surface area contributed by atoms with Gasteiger partial charge in [-0.15, -0.1) is 11.3 Å². The van der Waals surface area contributed by atoms with E-state index in [2.05, 4.69) is 5.10 Å². The van der Waals surface area contributed by atoms with E-state index in [1.54, 1.807) is 33.9 Å². The molecule has 0 N–H and O–H groups in total. The summed E-state index contributed by atoms with van der Waals surface area (Å²) in [6.07, 6.45) is 1.59. The second kappa shape index (κ2) is 11.5. The Labute approximate surface area is 241 Å². The maximum atomic E-state index is 13.7. The van der Waals surface area contributed by atoms with Crippen LogP contribution in [0, 0.1) is 10.1 Å². The Hall–Kier alpha value is -4.58. The minimum atomic E-state index is -0.519. The van der Waals surface area contributed by atoms with E-state index in [1.165, 1.54) is 29.5 Å². The molecule has 1 atom stereocenters. The highest BCUT2D eigenvalue weighted by molar-refractivity contribution is 7.12. The second-order valence-corrected chi connectivity index (χ2v) is 11.0. The van der Waals surface area contributed by atoms with Gasteiger partial charge in [0.2, 0.25) is 5.13 Å². The zero-order valence-electron chi connectivity index (χ0n) is 23.2. The third-order valence-corrected chi connectivity index (χ3v) is 7.92. The molecule has 0 saturated carbocycles. The van der Waals surface area contributed by atoms with E-state index >= 15 is 0 Å². The van der Waals surface area contributed by atoms with Gasteiger partial charge in [-0.25, -0.2) is 9.67 Å². The van der Waals surface area contributed by atoms with Crippen molar-refractivity contribution in [1.82, 2.24) is 24.6 Å². The fourth-order valence-corrected chi connectivity index (χ4v) is 5.84. The Balaban J connectivity index is 1.34. The van der Waals surface area contributed by atoms with E-state index in [0.29, 0.717) is 30.3 Å². The van der Waals surface area contributed by atoms with E-state index in [4.69, 9.17) is 9.72 Å². The molecule has 1 fully saturated rings. The smallest absolute Gasteiger partial charge is 0.270 e. The molecule has 1 unspecified atom stereocenters. The standard InChI is InChI=1S/C29H30N6O5S/c1-18(2)26-24(15-30-34(26)29-31-25(17-41-29)20-7-6-10-23(14-20)40-4)28(37)32-11-12-33(19(3)16-32)27(36)21-8-5-9-22(13-21)35(38)39/h5-10,13-15,17-19H,11-12,16H2,1-4H3. The lowest BCUT2D eigenvalue weighted by Gasteiger charge is -2.40. The predicted molar refractivity (Wildman–Crippen MR) is 155 cm³/mol. The topological polar surface area (TPSA) is 124 Å². The molecule has 1 aliphatic rings. The summed E-state index contributed by atoms with van der Waals surface area (Å²) in [5, 5.41) is 18.3. The van der Waals surface area contributed by atoms with E-state index in [-0.39, 0.29) is 35.0 Å². The molecule has 1 aliphatic heterocycles. The molecule has 4 aromatic rings. The summed E-state index contributed by atoms with van der Waals surface area (Å²) in [7, 11) is 1.62. The van der Waals surface area contributed by atoms with Crippen molar-refractivity contribution in [2.75, 3.05) is 26.7 Å². The summed E-state index contributed by atoms with van der Waals surface area (Å²) in [4.78, 5) is 45.7. The number of amides is 2. The highest BCUT2D eigenvalue weighted by Gasteiger charge is 2.33. The monoisotopic (exact) mass is 574 g/mol. The normalized spacial score (nSPS) is 15.3. The SMILES string of the molecule is COc1cccc(-c2csc(-n3ncc(C(=O)N4CCN(C(=O)c5cccc([N+](=O)[O-])c5)C(C)C4)c3C(C)C)n2)c1. The van der Waals surface area contributed by atoms with Crippen LogP contribution in [-0.2, 0) is 0 Å². The number of hydrogen-bond acceptors (Lipinski definition) is 8. The maximum Gasteiger partial charge on any atom is 0.270 e. The van der Waals surface area contributed by atoms with Gasteiger partial charge in [0.15, 0.2) is 0 Å². The van der Waals surface area contributed by atoms with E-state index in [9.17, 15) is 19.7 Å². The zero-order chi connectivity index (χ0) is 29.3. The van der Waals surface area contributed by atoms with Gasteiger partial charge >= 0.3 is 0 Å². The number of carbonyl (C=O) groups is 2. The van der Waals surface area contributed by atoms with Gasteiger partial charge in [0.05, 0.1) is 35.2 Å². The number of nitro groups is 1. The van der Waals surface area contributed by atoms with Crippen molar-refractivity contribution >= 4 is 28.8 Å². The van der Waals surface area contributed by atoms with Crippen molar-refractivity contribution in [3.63, 3.8) is 0 Å². The highest BCUT2D eigenvalue weighted by Crippen LogP contribution is 2.30. The second-order valence-electron chi connectivity index (χ2n) is 10.2. The van der Waals surface area contributed by atoms with Gasteiger partial charge in [0.1, 0.15) is 5.75 Å². The summed E-state index contributed by atoms with van der Waals surface area (Å²) in [6, 6.07) is 13.1. The van der Waals surface area contributed by atoms with Crippen LogP contribution in [0.4, 0.5) is 5.69 Å². The molecule has 11 nitrogen and oxygen atoms in total. The summed E-state index contributed by atoms with van der Waals surface area (Å²) in [5.74, 6) is 0.293. The van der Waals surface area contributed by atoms with Crippen LogP contribution in [0.3, 0.4) is 0 Å². The number of nitrogens with zero attached hydrogens (tertiary/aromatic N) is 6. The molecule has 2 amide bonds. The lowest BCUT2D eigenvalue weighted by atomic mass is 10.0. The van der Waals surface area contributed by atoms with Gasteiger partial charge in [0, 0.05) is 54.3 Å². The number of ether oxygens (including phenoxy) is 1. The van der Waals surface area contributed by atoms with Crippen LogP contribution in [0.25, 0.3) is 16.4 Å². The lowest BCUT2D eigenvalue weighted by Crippen LogP contribution is -2.55. The Morgan fingerprint density at radius 1 is 1.12 bits per heavy atom. The third kappa shape index (κ3) is 5.55. The van der Waals surface area contributed by atoms with Crippen LogP contribution in [0.1, 0.15) is 53.1 Å². The molecule has 212 valence electrons. The van der Waals surface area contributed by atoms with Gasteiger partial charge in [-0.3, -0.25) is 19.7 Å². The number of piperazine rings is 1. The first-order chi connectivity index (χ1) is 19.7. The minimum absolute atomic E-state index is 0.00483. The Morgan fingerprint density at radius 3 is 2.61 bits per heavy atom. The predicted octanol–water partition coefficient (Wildman–Crippen LogP) is 5.02. The molecule has 41 heavy (non-hydrogen) atoms. The first-order valence-corrected chi connectivity index (χ1v) is 14.1. The molecular weight excluding hydrogens is 544 g/mol. The van der Waals surface area contributed by atoms with Crippen LogP contribution < -0.4 is 4.74 Å². The summed E-state index contributed by atoms with van der Waals surface area (Å²) >= 11 is 1.45. The number of hydrogen-bond donors (Lipinski definition) is 0. The molecule has 5 rings (SSSR count). The van der Waals surface area contributed by atoms with E-state index in [1.807, 2.05) is 50.4 Å². The van der Waals surface area contributed by atoms with Crippen molar-refractivity contribution in [2.45, 2.75) is 32.7 Å². The first kappa shape index (κ1) is 28.0. The molecule has 12 heteroatoms. The maximum absolute atomic E-state index is 13.7. The molecule has 3 heterocycles. The average molecular weight is 575 g/mol. The van der Waals surface area contributed by atoms with Crippen molar-refractivity contribution < 1.29 is 19.2 Å². The zero-order valence-corrected chi connectivity index (χ0v) is 24.0. The quantitative estimate of drug-likeness (QED) is 0.224. The number of methoxy groups -OCH3 is 1. The van der Waals surface area contributed by atoms with Crippen molar-refractivity contribution in [3.8, 4) is 22.1 Å². The molecule has 0 spiro atoms. The Kier molecular flexibility index (Phi) is 7.84. The summed E-state index contributed by atoms with van der Waals surface area (Å²) in [5.41, 5.74) is 3.11. The number of carbonyl (C=O) groups excluding carboxylic acids is 2. The average Bonchev–Trinajstić information content (AvgIpc) is 3.64.